The predicted octanol–water partition coefficient (Wildman–Crippen LogP) is 2.77. The minimum atomic E-state index is 0.174. The van der Waals surface area contributed by atoms with Crippen molar-refractivity contribution in [2.45, 2.75) is 26.7 Å². The van der Waals surface area contributed by atoms with E-state index in [9.17, 15) is 0 Å². The van der Waals surface area contributed by atoms with E-state index in [-0.39, 0.29) is 11.8 Å². The summed E-state index contributed by atoms with van der Waals surface area (Å²) in [6.07, 6.45) is 0. The number of rotatable bonds is 8. The Balaban J connectivity index is 3.16. The smallest absolute Gasteiger partial charge is 0.162 e. The van der Waals surface area contributed by atoms with Gasteiger partial charge in [-0.15, -0.1) is 0 Å². The molecule has 4 N–H and O–H groups in total. The third-order valence-electron chi connectivity index (χ3n) is 3.47. The lowest BCUT2D eigenvalue weighted by molar-refractivity contribution is 0.287. The average molecular weight is 301 g/mol. The topological polar surface area (TPSA) is 70.5 Å². The van der Waals surface area contributed by atoms with Crippen LogP contribution in [0, 0.1) is 5.92 Å². The van der Waals surface area contributed by atoms with Crippen molar-refractivity contribution in [1.82, 2.24) is 0 Å². The minimum Gasteiger partial charge on any atom is -0.490 e. The van der Waals surface area contributed by atoms with Crippen LogP contribution in [-0.2, 0) is 0 Å². The van der Waals surface area contributed by atoms with Gasteiger partial charge in [0.2, 0.25) is 0 Å². The molecule has 0 saturated heterocycles. The molecule has 0 aliphatic rings. The lowest BCUT2D eigenvalue weighted by Gasteiger charge is -2.23. The maximum Gasteiger partial charge on any atom is 0.162 e. The summed E-state index contributed by atoms with van der Waals surface area (Å²) in [5.74, 6) is 1.76. The van der Waals surface area contributed by atoms with Crippen LogP contribution in [0.15, 0.2) is 12.1 Å². The molecule has 0 spiro atoms. The van der Waals surface area contributed by atoms with Crippen LogP contribution in [0.25, 0.3) is 0 Å². The van der Waals surface area contributed by atoms with Crippen LogP contribution >= 0.6 is 11.6 Å². The normalized spacial score (nSPS) is 12.6. The molecular formula is C15H25ClN2O2. The Morgan fingerprint density at radius 2 is 1.55 bits per heavy atom. The Morgan fingerprint density at radius 3 is 2.00 bits per heavy atom. The number of ether oxygens (including phenoxy) is 2. The largest absolute Gasteiger partial charge is 0.490 e. The SMILES string of the molecule is CCOc1cc(Cl)c(C(C)C(CN)CN)cc1OCC. The number of hydrogen-bond donors (Lipinski definition) is 2. The lowest BCUT2D eigenvalue weighted by atomic mass is 9.87. The van der Waals surface area contributed by atoms with Crippen molar-refractivity contribution < 1.29 is 9.47 Å². The van der Waals surface area contributed by atoms with Gasteiger partial charge in [-0.2, -0.15) is 0 Å². The summed E-state index contributed by atoms with van der Waals surface area (Å²) in [5, 5.41) is 0.663. The Morgan fingerprint density at radius 1 is 1.05 bits per heavy atom. The second-order valence-corrected chi connectivity index (χ2v) is 5.11. The quantitative estimate of drug-likeness (QED) is 0.774. The van der Waals surface area contributed by atoms with Crippen LogP contribution in [-0.4, -0.2) is 26.3 Å². The van der Waals surface area contributed by atoms with Gasteiger partial charge in [0, 0.05) is 11.1 Å². The van der Waals surface area contributed by atoms with Crippen LogP contribution < -0.4 is 20.9 Å². The van der Waals surface area contributed by atoms with E-state index in [1.807, 2.05) is 26.0 Å². The van der Waals surface area contributed by atoms with Gasteiger partial charge >= 0.3 is 0 Å². The molecule has 0 bridgehead atoms. The van der Waals surface area contributed by atoms with E-state index in [2.05, 4.69) is 6.92 Å². The van der Waals surface area contributed by atoms with E-state index < -0.39 is 0 Å². The van der Waals surface area contributed by atoms with Crippen molar-refractivity contribution in [2.24, 2.45) is 17.4 Å². The van der Waals surface area contributed by atoms with Gasteiger partial charge in [0.05, 0.1) is 13.2 Å². The van der Waals surface area contributed by atoms with E-state index in [1.165, 1.54) is 0 Å². The van der Waals surface area contributed by atoms with Crippen molar-refractivity contribution in [3.05, 3.63) is 22.7 Å². The summed E-state index contributed by atoms with van der Waals surface area (Å²) < 4.78 is 11.2. The average Bonchev–Trinajstić information content (AvgIpc) is 2.43. The maximum absolute atomic E-state index is 6.37. The first-order chi connectivity index (χ1) is 9.58. The molecule has 20 heavy (non-hydrogen) atoms. The van der Waals surface area contributed by atoms with Gasteiger partial charge in [0.25, 0.3) is 0 Å². The highest BCUT2D eigenvalue weighted by Crippen LogP contribution is 2.38. The van der Waals surface area contributed by atoms with Crippen LogP contribution in [0.5, 0.6) is 11.5 Å². The van der Waals surface area contributed by atoms with Gasteiger partial charge in [-0.05, 0) is 50.4 Å². The second kappa shape index (κ2) is 8.35. The van der Waals surface area contributed by atoms with Gasteiger partial charge < -0.3 is 20.9 Å². The highest BCUT2D eigenvalue weighted by molar-refractivity contribution is 6.31. The zero-order chi connectivity index (χ0) is 15.1. The fraction of sp³-hybridized carbons (Fsp3) is 0.600. The molecule has 1 unspecified atom stereocenters. The summed E-state index contributed by atoms with van der Waals surface area (Å²) in [5.41, 5.74) is 12.5. The first-order valence-corrected chi connectivity index (χ1v) is 7.45. The molecule has 0 saturated carbocycles. The van der Waals surface area contributed by atoms with E-state index in [0.717, 1.165) is 5.56 Å². The van der Waals surface area contributed by atoms with Crippen LogP contribution in [0.4, 0.5) is 0 Å². The first-order valence-electron chi connectivity index (χ1n) is 7.08. The molecule has 0 aromatic heterocycles. The number of halogens is 1. The molecule has 1 aromatic rings. The van der Waals surface area contributed by atoms with E-state index in [4.69, 9.17) is 32.5 Å². The van der Waals surface area contributed by atoms with Gasteiger partial charge in [-0.25, -0.2) is 0 Å². The van der Waals surface area contributed by atoms with Crippen LogP contribution in [0.1, 0.15) is 32.3 Å². The predicted molar refractivity (Wildman–Crippen MR) is 83.8 cm³/mol. The fourth-order valence-electron chi connectivity index (χ4n) is 2.19. The van der Waals surface area contributed by atoms with Crippen molar-refractivity contribution in [2.75, 3.05) is 26.3 Å². The van der Waals surface area contributed by atoms with Gasteiger partial charge in [0.15, 0.2) is 11.5 Å². The molecule has 114 valence electrons. The summed E-state index contributed by atoms with van der Waals surface area (Å²) in [6, 6.07) is 3.76. The van der Waals surface area contributed by atoms with Crippen molar-refractivity contribution in [3.8, 4) is 11.5 Å². The molecule has 0 aliphatic carbocycles. The third kappa shape index (κ3) is 4.01. The summed E-state index contributed by atoms with van der Waals surface area (Å²) in [7, 11) is 0. The van der Waals surface area contributed by atoms with E-state index in [1.54, 1.807) is 0 Å². The lowest BCUT2D eigenvalue weighted by Crippen LogP contribution is -2.28. The highest BCUT2D eigenvalue weighted by Gasteiger charge is 2.21. The van der Waals surface area contributed by atoms with Crippen LogP contribution in [0.3, 0.4) is 0 Å². The summed E-state index contributed by atoms with van der Waals surface area (Å²) in [4.78, 5) is 0. The monoisotopic (exact) mass is 300 g/mol. The summed E-state index contributed by atoms with van der Waals surface area (Å²) in [6.45, 7) is 8.17. The summed E-state index contributed by atoms with van der Waals surface area (Å²) >= 11 is 6.37. The molecule has 0 radical (unpaired) electrons. The molecule has 1 rings (SSSR count). The van der Waals surface area contributed by atoms with Crippen molar-refractivity contribution >= 4 is 11.6 Å². The third-order valence-corrected chi connectivity index (χ3v) is 3.79. The number of nitrogens with two attached hydrogens (primary N) is 2. The Labute approximate surface area is 126 Å². The molecule has 1 atom stereocenters. The fourth-order valence-corrected chi connectivity index (χ4v) is 2.52. The van der Waals surface area contributed by atoms with E-state index >= 15 is 0 Å². The molecule has 0 heterocycles. The van der Waals surface area contributed by atoms with Crippen molar-refractivity contribution in [3.63, 3.8) is 0 Å². The number of hydrogen-bond acceptors (Lipinski definition) is 4. The number of benzene rings is 1. The Hall–Kier alpha value is -0.970. The molecule has 0 fully saturated rings. The molecule has 5 heteroatoms. The zero-order valence-electron chi connectivity index (χ0n) is 12.5. The molecule has 1 aromatic carbocycles. The van der Waals surface area contributed by atoms with Gasteiger partial charge in [-0.1, -0.05) is 18.5 Å². The highest BCUT2D eigenvalue weighted by atomic mass is 35.5. The molecular weight excluding hydrogens is 276 g/mol. The van der Waals surface area contributed by atoms with E-state index in [0.29, 0.717) is 42.8 Å². The first kappa shape index (κ1) is 17.1. The van der Waals surface area contributed by atoms with Crippen molar-refractivity contribution in [1.29, 1.82) is 0 Å². The Kier molecular flexibility index (Phi) is 7.13. The minimum absolute atomic E-state index is 0.174. The molecule has 4 nitrogen and oxygen atoms in total. The molecule has 0 amide bonds. The maximum atomic E-state index is 6.37. The van der Waals surface area contributed by atoms with Gasteiger partial charge in [-0.3, -0.25) is 0 Å². The Bertz CT molecular complexity index is 423. The standard InChI is InChI=1S/C15H25ClN2O2/c1-4-19-14-6-12(10(3)11(8-17)9-18)13(16)7-15(14)20-5-2/h6-7,10-11H,4-5,8-9,17-18H2,1-3H3. The van der Waals surface area contributed by atoms with Gasteiger partial charge in [0.1, 0.15) is 0 Å². The molecule has 0 aliphatic heterocycles. The zero-order valence-corrected chi connectivity index (χ0v) is 13.2. The second-order valence-electron chi connectivity index (χ2n) is 4.71. The van der Waals surface area contributed by atoms with Crippen LogP contribution in [0.2, 0.25) is 5.02 Å².